The molecule has 1 aromatic rings. The molecule has 0 heterocycles. The maximum Gasteiger partial charge on any atom is 0.0645 e. The Kier molecular flexibility index (Phi) is 2.23. The second kappa shape index (κ2) is 4.99. The first kappa shape index (κ1) is 5.81. The third-order valence-corrected chi connectivity index (χ3v) is 1.40. The predicted octanol–water partition coefficient (Wildman–Crippen LogP) is 3.35. The highest BCUT2D eigenvalue weighted by molar-refractivity contribution is 5.50. The van der Waals surface area contributed by atoms with Crippen molar-refractivity contribution in [1.29, 1.82) is 0 Å². The van der Waals surface area contributed by atoms with Gasteiger partial charge in [0.15, 0.2) is 0 Å². The van der Waals surface area contributed by atoms with Crippen LogP contribution in [0.4, 0.5) is 5.69 Å². The van der Waals surface area contributed by atoms with E-state index >= 15 is 0 Å². The van der Waals surface area contributed by atoms with Gasteiger partial charge in [0.05, 0.1) is 4.11 Å². The summed E-state index contributed by atoms with van der Waals surface area (Å²) < 4.78 is 22.5. The fourth-order valence-electron chi connectivity index (χ4n) is 0.826. The number of para-hydroxylation sites is 1. The maximum atomic E-state index is 7.66. The summed E-state index contributed by atoms with van der Waals surface area (Å²) in [5.74, 6) is 0. The lowest BCUT2D eigenvalue weighted by atomic mass is 10.3. The summed E-state index contributed by atoms with van der Waals surface area (Å²) in [6, 6.07) is 3.09. The summed E-state index contributed by atoms with van der Waals surface area (Å²) in [6.07, 6.45) is 4.91. The molecule has 0 aliphatic carbocycles. The monoisotopic (exact) mass is 174 g/mol. The Hall–Kier alpha value is -1.76. The Morgan fingerprint density at radius 3 is 3.00 bits per heavy atom. The van der Waals surface area contributed by atoms with Gasteiger partial charge in [0.25, 0.3) is 0 Å². The van der Waals surface area contributed by atoms with Gasteiger partial charge >= 0.3 is 0 Å². The first-order valence-electron chi connectivity index (χ1n) is 5.38. The molecule has 13 heavy (non-hydrogen) atoms. The molecule has 0 aromatic heterocycles. The van der Waals surface area contributed by atoms with Crippen LogP contribution in [0.25, 0.3) is 0 Å². The van der Waals surface area contributed by atoms with Crippen molar-refractivity contribution in [2.45, 2.75) is 0 Å². The van der Waals surface area contributed by atoms with Crippen molar-refractivity contribution < 1.29 is 4.11 Å². The average molecular weight is 174 g/mol. The van der Waals surface area contributed by atoms with Crippen molar-refractivity contribution in [2.75, 3.05) is 5.32 Å². The molecular weight excluding hydrogens is 158 g/mol. The van der Waals surface area contributed by atoms with E-state index < -0.39 is 0 Å². The minimum absolute atomic E-state index is 0.0448. The third kappa shape index (κ3) is 2.99. The quantitative estimate of drug-likeness (QED) is 0.690. The fraction of sp³-hybridized carbons (Fsp3) is 0. The molecule has 0 amide bonds. The van der Waals surface area contributed by atoms with E-state index in [0.717, 1.165) is 0 Å². The van der Waals surface area contributed by atoms with E-state index in [2.05, 4.69) is 18.5 Å². The Labute approximate surface area is 83.3 Å². The zero-order valence-corrected chi connectivity index (χ0v) is 7.30. The molecule has 1 N–H and O–H groups in total. The van der Waals surface area contributed by atoms with Crippen molar-refractivity contribution in [1.82, 2.24) is 0 Å². The standard InChI is InChI=1S/C12H13N/c1-3-8-11(4-2)13-12-9-6-5-7-10-12/h3-10,13H,1-2H2/b11-8+/i5D,6D,10D. The molecule has 0 fully saturated rings. The van der Waals surface area contributed by atoms with E-state index in [1.54, 1.807) is 18.2 Å². The minimum Gasteiger partial charge on any atom is -0.356 e. The molecule has 1 heteroatoms. The fourth-order valence-corrected chi connectivity index (χ4v) is 0.826. The van der Waals surface area contributed by atoms with Crippen LogP contribution in [0.2, 0.25) is 0 Å². The number of hydrogen-bond donors (Lipinski definition) is 1. The smallest absolute Gasteiger partial charge is 0.0645 e. The lowest BCUT2D eigenvalue weighted by Crippen LogP contribution is -1.95. The molecule has 66 valence electrons. The van der Waals surface area contributed by atoms with Gasteiger partial charge in [-0.3, -0.25) is 0 Å². The largest absolute Gasteiger partial charge is 0.356 e. The average Bonchev–Trinajstić information content (AvgIpc) is 2.25. The molecule has 0 unspecified atom stereocenters. The van der Waals surface area contributed by atoms with E-state index in [0.29, 0.717) is 11.4 Å². The zero-order valence-electron chi connectivity index (χ0n) is 10.3. The van der Waals surface area contributed by atoms with Gasteiger partial charge in [0.1, 0.15) is 0 Å². The molecule has 0 aliphatic heterocycles. The summed E-state index contributed by atoms with van der Waals surface area (Å²) in [4.78, 5) is 0. The Bertz CT molecular complexity index is 450. The summed E-state index contributed by atoms with van der Waals surface area (Å²) >= 11 is 0. The van der Waals surface area contributed by atoms with Crippen LogP contribution < -0.4 is 5.32 Å². The molecule has 0 saturated carbocycles. The highest BCUT2D eigenvalue weighted by atomic mass is 14.9. The Morgan fingerprint density at radius 2 is 2.31 bits per heavy atom. The van der Waals surface area contributed by atoms with E-state index in [9.17, 15) is 0 Å². The van der Waals surface area contributed by atoms with E-state index in [1.165, 1.54) is 12.1 Å². The summed E-state index contributed by atoms with van der Waals surface area (Å²) in [5.41, 5.74) is 1.18. The predicted molar refractivity (Wildman–Crippen MR) is 58.5 cm³/mol. The molecule has 1 rings (SSSR count). The number of nitrogens with one attached hydrogen (secondary N) is 1. The van der Waals surface area contributed by atoms with Crippen LogP contribution in [0.5, 0.6) is 0 Å². The summed E-state index contributed by atoms with van der Waals surface area (Å²) in [5, 5.41) is 2.95. The van der Waals surface area contributed by atoms with Crippen molar-refractivity contribution in [2.24, 2.45) is 0 Å². The molecular formula is C12H13N. The lowest BCUT2D eigenvalue weighted by Gasteiger charge is -2.05. The van der Waals surface area contributed by atoms with Crippen molar-refractivity contribution in [3.05, 3.63) is 67.3 Å². The number of allylic oxidation sites excluding steroid dienone is 3. The molecule has 0 atom stereocenters. The van der Waals surface area contributed by atoms with Gasteiger partial charge in [-0.05, 0) is 24.3 Å². The van der Waals surface area contributed by atoms with Crippen LogP contribution in [-0.2, 0) is 0 Å². The molecule has 0 aliphatic rings. The number of rotatable bonds is 4. The first-order chi connectivity index (χ1) is 7.58. The van der Waals surface area contributed by atoms with Crippen LogP contribution >= 0.6 is 0 Å². The van der Waals surface area contributed by atoms with Gasteiger partial charge in [-0.2, -0.15) is 0 Å². The van der Waals surface area contributed by atoms with Gasteiger partial charge in [-0.25, -0.2) is 0 Å². The van der Waals surface area contributed by atoms with E-state index in [1.807, 2.05) is 0 Å². The summed E-state index contributed by atoms with van der Waals surface area (Å²) in [6.45, 7) is 7.19. The highest BCUT2D eigenvalue weighted by Crippen LogP contribution is 2.09. The van der Waals surface area contributed by atoms with Gasteiger partial charge in [0.2, 0.25) is 0 Å². The molecule has 0 bridgehead atoms. The van der Waals surface area contributed by atoms with Gasteiger partial charge < -0.3 is 5.32 Å². The molecule has 0 spiro atoms. The molecule has 1 nitrogen and oxygen atoms in total. The van der Waals surface area contributed by atoms with Crippen LogP contribution in [0.1, 0.15) is 4.11 Å². The maximum absolute atomic E-state index is 7.66. The number of hydrogen-bond acceptors (Lipinski definition) is 1. The zero-order chi connectivity index (χ0) is 12.1. The first-order valence-corrected chi connectivity index (χ1v) is 3.88. The molecule has 0 saturated heterocycles. The lowest BCUT2D eigenvalue weighted by molar-refractivity contribution is 1.48. The third-order valence-electron chi connectivity index (χ3n) is 1.40. The van der Waals surface area contributed by atoms with Crippen LogP contribution in [0.3, 0.4) is 0 Å². The van der Waals surface area contributed by atoms with Gasteiger partial charge in [0, 0.05) is 11.4 Å². The molecule has 0 radical (unpaired) electrons. The van der Waals surface area contributed by atoms with E-state index in [4.69, 9.17) is 4.11 Å². The number of anilines is 1. The Balaban J connectivity index is 3.05. The topological polar surface area (TPSA) is 12.0 Å². The van der Waals surface area contributed by atoms with Crippen molar-refractivity contribution >= 4 is 5.69 Å². The van der Waals surface area contributed by atoms with Gasteiger partial charge in [-0.15, -0.1) is 0 Å². The SMILES string of the molecule is [2H]c1cc([2H])c(N/C(C=C)=C/C=C)cc1[2H]. The van der Waals surface area contributed by atoms with Crippen LogP contribution in [-0.4, -0.2) is 0 Å². The highest BCUT2D eigenvalue weighted by Gasteiger charge is 1.90. The number of benzene rings is 1. The van der Waals surface area contributed by atoms with Gasteiger partial charge in [-0.1, -0.05) is 37.4 Å². The van der Waals surface area contributed by atoms with Crippen LogP contribution in [0.15, 0.2) is 67.3 Å². The van der Waals surface area contributed by atoms with Crippen molar-refractivity contribution in [3.63, 3.8) is 0 Å². The second-order valence-corrected chi connectivity index (χ2v) is 2.32. The molecule has 1 aromatic carbocycles. The summed E-state index contributed by atoms with van der Waals surface area (Å²) in [7, 11) is 0. The second-order valence-electron chi connectivity index (χ2n) is 2.32. The minimum atomic E-state index is 0.0448. The van der Waals surface area contributed by atoms with E-state index in [-0.39, 0.29) is 18.1 Å². The normalized spacial score (nSPS) is 13.8. The van der Waals surface area contributed by atoms with Crippen molar-refractivity contribution in [3.8, 4) is 0 Å². The Morgan fingerprint density at radius 1 is 1.46 bits per heavy atom. The van der Waals surface area contributed by atoms with Crippen LogP contribution in [0, 0.1) is 0 Å².